The van der Waals surface area contributed by atoms with Gasteiger partial charge in [-0.05, 0) is 186 Å². The molecule has 112 heavy (non-hydrogen) atoms. The lowest BCUT2D eigenvalue weighted by Crippen LogP contribution is -2.03. The highest BCUT2D eigenvalue weighted by molar-refractivity contribution is 7.86. The van der Waals surface area contributed by atoms with Crippen LogP contribution < -0.4 is 0 Å². The molecule has 0 saturated carbocycles. The van der Waals surface area contributed by atoms with E-state index in [0.29, 0.717) is 178 Å². The van der Waals surface area contributed by atoms with Crippen LogP contribution in [0.4, 0.5) is 0 Å². The number of hydrogen-bond donors (Lipinski definition) is 6. The van der Waals surface area contributed by atoms with E-state index in [2.05, 4.69) is 9.97 Å². The zero-order chi connectivity index (χ0) is 77.2. The Kier molecular flexibility index (Phi) is 18.4. The standard InChI is InChI=1S/C92H62N4O12S4/c97-109(98,99)65-49-69(57-25-9-1-10-26-57)85(70(50-65)58-27-11-2-12-28-58)89-77-41-43-79(93-77)90(86-71(59-29-13-3-14-30-59)51-66(110(100,101)102)52-72(86)60-31-15-4-16-32-60)81-45-47-83(95-81)92(88-75(63-37-21-7-22-38-63)55-68(112(106,107)108)56-76(88)64-39-23-8-24-40-64)84-48-46-82(96-84)91(80-44-42-78(89)94-80)87-73(61-33-17-5-18-34-61)53-67(111(103,104)105)54-74(87)62-35-19-6-20-36-62/h1-56,93,96H,(H,97,98,99)(H,100,101,102)(H,103,104,105)(H,106,107,108). The molecule has 3 aromatic heterocycles. The number of fused-ring (bicyclic) bond motifs is 8. The Hall–Kier alpha value is -13.1. The molecule has 0 amide bonds. The molecule has 0 radical (unpaired) electrons. The van der Waals surface area contributed by atoms with Gasteiger partial charge in [-0.1, -0.05) is 243 Å². The number of nitrogens with zero attached hydrogens (tertiary/aromatic N) is 2. The van der Waals surface area contributed by atoms with Crippen LogP contribution >= 0.6 is 0 Å². The fourth-order valence-corrected chi connectivity index (χ4v) is 17.3. The predicted octanol–water partition coefficient (Wildman–Crippen LogP) is 21.6. The molecule has 0 saturated heterocycles. The van der Waals surface area contributed by atoms with Crippen LogP contribution in [0.1, 0.15) is 22.8 Å². The highest BCUT2D eigenvalue weighted by Gasteiger charge is 2.32. The summed E-state index contributed by atoms with van der Waals surface area (Å²) in [4.78, 5) is 17.8. The summed E-state index contributed by atoms with van der Waals surface area (Å²) in [6, 6.07) is 91.9. The third kappa shape index (κ3) is 13.7. The van der Waals surface area contributed by atoms with E-state index in [1.807, 2.05) is 291 Å². The summed E-state index contributed by atoms with van der Waals surface area (Å²) in [5, 5.41) is 0. The molecular weight excluding hydrogens is 1480 g/mol. The van der Waals surface area contributed by atoms with Gasteiger partial charge in [0.25, 0.3) is 40.5 Å². The van der Waals surface area contributed by atoms with Crippen molar-refractivity contribution in [3.05, 3.63) is 338 Å². The lowest BCUT2D eigenvalue weighted by atomic mass is 9.86. The van der Waals surface area contributed by atoms with Gasteiger partial charge < -0.3 is 9.97 Å². The van der Waals surface area contributed by atoms with Gasteiger partial charge >= 0.3 is 0 Å². The predicted molar refractivity (Wildman–Crippen MR) is 443 cm³/mol. The van der Waals surface area contributed by atoms with Gasteiger partial charge in [0, 0.05) is 66.6 Å². The molecular formula is C92H62N4O12S4. The first-order valence-electron chi connectivity index (χ1n) is 35.3. The average molecular weight is 1540 g/mol. The molecule has 2 aliphatic heterocycles. The molecule has 2 aliphatic rings. The van der Waals surface area contributed by atoms with Crippen LogP contribution in [0.15, 0.2) is 335 Å². The van der Waals surface area contributed by atoms with Gasteiger partial charge in [-0.25, -0.2) is 9.97 Å². The minimum Gasteiger partial charge on any atom is -0.354 e. The van der Waals surface area contributed by atoms with Crippen LogP contribution in [0.25, 0.3) is 180 Å². The molecule has 20 heteroatoms. The molecule has 16 nitrogen and oxygen atoms in total. The van der Waals surface area contributed by atoms with Crippen molar-refractivity contribution < 1.29 is 51.9 Å². The maximum Gasteiger partial charge on any atom is 0.294 e. The van der Waals surface area contributed by atoms with E-state index in [1.54, 1.807) is 0 Å². The summed E-state index contributed by atoms with van der Waals surface area (Å²) in [6.07, 6.45) is 7.34. The van der Waals surface area contributed by atoms with Crippen molar-refractivity contribution in [1.82, 2.24) is 19.9 Å². The molecule has 6 N–H and O–H groups in total. The Morgan fingerprint density at radius 1 is 0.196 bits per heavy atom. The number of hydrogen-bond acceptors (Lipinski definition) is 10. The van der Waals surface area contributed by atoms with Crippen molar-refractivity contribution in [1.29, 1.82) is 0 Å². The van der Waals surface area contributed by atoms with Crippen LogP contribution in [0.2, 0.25) is 0 Å². The Labute approximate surface area is 645 Å². The first-order valence-corrected chi connectivity index (χ1v) is 41.1. The van der Waals surface area contributed by atoms with Crippen LogP contribution in [0.5, 0.6) is 0 Å². The monoisotopic (exact) mass is 1540 g/mol. The molecule has 0 atom stereocenters. The fraction of sp³-hybridized carbons (Fsp3) is 0. The van der Waals surface area contributed by atoms with E-state index in [4.69, 9.17) is 9.97 Å². The number of aromatic nitrogens is 4. The topological polar surface area (TPSA) is 275 Å². The van der Waals surface area contributed by atoms with Gasteiger partial charge in [-0.3, -0.25) is 18.2 Å². The Morgan fingerprint density at radius 3 is 0.473 bits per heavy atom. The fourth-order valence-electron chi connectivity index (χ4n) is 15.2. The molecule has 0 spiro atoms. The Morgan fingerprint density at radius 2 is 0.339 bits per heavy atom. The van der Waals surface area contributed by atoms with Crippen molar-refractivity contribution in [2.75, 3.05) is 0 Å². The number of benzene rings is 12. The minimum absolute atomic E-state index is 0.305. The summed E-state index contributed by atoms with van der Waals surface area (Å²) in [7, 11) is -19.8. The summed E-state index contributed by atoms with van der Waals surface area (Å²) in [6.45, 7) is 0. The zero-order valence-electron chi connectivity index (χ0n) is 58.9. The molecule has 17 rings (SSSR count). The smallest absolute Gasteiger partial charge is 0.294 e. The van der Waals surface area contributed by atoms with Crippen LogP contribution in [-0.4, -0.2) is 71.8 Å². The highest BCUT2D eigenvalue weighted by Crippen LogP contribution is 2.53. The third-order valence-electron chi connectivity index (χ3n) is 20.1. The molecule has 546 valence electrons. The summed E-state index contributed by atoms with van der Waals surface area (Å²) >= 11 is 0. The van der Waals surface area contributed by atoms with Crippen LogP contribution in [0.3, 0.4) is 0 Å². The van der Waals surface area contributed by atoms with E-state index < -0.39 is 60.1 Å². The van der Waals surface area contributed by atoms with Crippen molar-refractivity contribution in [3.8, 4) is 134 Å². The second kappa shape index (κ2) is 28.7. The Balaban J connectivity index is 1.16. The van der Waals surface area contributed by atoms with E-state index in [1.165, 1.54) is 48.5 Å². The zero-order valence-corrected chi connectivity index (χ0v) is 62.2. The van der Waals surface area contributed by atoms with Gasteiger partial charge in [-0.15, -0.1) is 0 Å². The third-order valence-corrected chi connectivity index (χ3v) is 23.4. The normalized spacial score (nSPS) is 12.3. The molecule has 0 aliphatic carbocycles. The van der Waals surface area contributed by atoms with Crippen molar-refractivity contribution in [3.63, 3.8) is 0 Å². The maximum absolute atomic E-state index is 13.9. The van der Waals surface area contributed by atoms with Crippen LogP contribution in [-0.2, 0) is 40.5 Å². The number of aromatic amines is 2. The molecule has 0 unspecified atom stereocenters. The highest BCUT2D eigenvalue weighted by atomic mass is 32.2. The number of H-pyrrole nitrogens is 2. The van der Waals surface area contributed by atoms with Gasteiger partial charge in [0.15, 0.2) is 0 Å². The molecule has 8 bridgehead atoms. The largest absolute Gasteiger partial charge is 0.354 e. The SMILES string of the molecule is O=S(=O)(O)c1cc(-c2ccccc2)c(-c2c3nc(c(-c4c(-c5ccccc5)cc(S(=O)(=O)O)cc4-c4ccccc4)c4ccc([nH]4)c(-c4c(-c5ccccc5)cc(S(=O)(=O)O)cc4-c4ccccc4)c4nc(c(-c5c(-c6ccccc6)cc(S(=O)(=O)O)cc5-c5ccccc5)c5ccc2[nH]5)C=C4)C=C3)c(-c2ccccc2)c1. The summed E-state index contributed by atoms with van der Waals surface area (Å²) in [5.74, 6) is 0. The maximum atomic E-state index is 13.9. The van der Waals surface area contributed by atoms with Gasteiger partial charge in [0.05, 0.1) is 42.4 Å². The second-order valence-corrected chi connectivity index (χ2v) is 32.6. The van der Waals surface area contributed by atoms with Gasteiger partial charge in [-0.2, -0.15) is 33.7 Å². The first-order chi connectivity index (χ1) is 54.1. The summed E-state index contributed by atoms with van der Waals surface area (Å²) < 4.78 is 156. The van der Waals surface area contributed by atoms with E-state index in [0.717, 1.165) is 0 Å². The van der Waals surface area contributed by atoms with Crippen LogP contribution in [0, 0.1) is 0 Å². The molecule has 5 heterocycles. The Bertz CT molecular complexity index is 5970. The van der Waals surface area contributed by atoms with Crippen molar-refractivity contribution >= 4 is 86.8 Å². The second-order valence-electron chi connectivity index (χ2n) is 26.9. The van der Waals surface area contributed by atoms with Crippen molar-refractivity contribution in [2.24, 2.45) is 0 Å². The molecule has 15 aromatic rings. The quantitative estimate of drug-likeness (QED) is 0.0491. The molecule has 12 aromatic carbocycles. The lowest BCUT2D eigenvalue weighted by molar-refractivity contribution is 0.481. The number of nitrogens with one attached hydrogen (secondary N) is 2. The van der Waals surface area contributed by atoms with Crippen molar-refractivity contribution in [2.45, 2.75) is 19.6 Å². The molecule has 0 fully saturated rings. The van der Waals surface area contributed by atoms with Gasteiger partial charge in [0.1, 0.15) is 0 Å². The summed E-state index contributed by atoms with van der Waals surface area (Å²) in [5.41, 5.74) is 13.5. The van der Waals surface area contributed by atoms with E-state index in [-0.39, 0.29) is 0 Å². The van der Waals surface area contributed by atoms with E-state index in [9.17, 15) is 51.9 Å². The van der Waals surface area contributed by atoms with Gasteiger partial charge in [0.2, 0.25) is 0 Å². The minimum atomic E-state index is -4.95. The number of rotatable bonds is 16. The lowest BCUT2D eigenvalue weighted by Gasteiger charge is -2.20. The van der Waals surface area contributed by atoms with E-state index >= 15 is 0 Å². The average Bonchev–Trinajstić information content (AvgIpc) is 1.68. The first kappa shape index (κ1) is 71.8.